The largest absolute Gasteiger partial charge is 0.115 e. The Labute approximate surface area is 101 Å². The van der Waals surface area contributed by atoms with Gasteiger partial charge >= 0.3 is 0 Å². The molecule has 0 nitrogen and oxygen atoms in total. The Morgan fingerprint density at radius 2 is 1.12 bits per heavy atom. The predicted molar refractivity (Wildman–Crippen MR) is 75.5 cm³/mol. The monoisotopic (exact) mass is 238 g/mol. The van der Waals surface area contributed by atoms with Crippen LogP contribution in [0.4, 0.5) is 0 Å². The molecule has 0 bridgehead atoms. The molecule has 0 aliphatic heterocycles. The Balaban J connectivity index is 3.59. The van der Waals surface area contributed by atoms with Crippen LogP contribution in [0.25, 0.3) is 0 Å². The molecule has 2 unspecified atom stereocenters. The second-order valence-corrected chi connectivity index (χ2v) is 3.35. The Morgan fingerprint density at radius 3 is 1.38 bits per heavy atom. The fourth-order valence-corrected chi connectivity index (χ4v) is 1.51. The molecule has 0 N–H and O–H groups in total. The second kappa shape index (κ2) is 6.02. The van der Waals surface area contributed by atoms with Gasteiger partial charge in [0.05, 0.1) is 0 Å². The van der Waals surface area contributed by atoms with Gasteiger partial charge in [0.2, 0.25) is 0 Å². The van der Waals surface area contributed by atoms with E-state index in [1.54, 1.807) is 12.1 Å². The second-order valence-electron chi connectivity index (χ2n) is 2.77. The van der Waals surface area contributed by atoms with Crippen LogP contribution in [0.2, 0.25) is 0 Å². The molecule has 0 aliphatic carbocycles. The van der Waals surface area contributed by atoms with Gasteiger partial charge in [-0.2, -0.15) is 0 Å². The zero-order valence-electron chi connectivity index (χ0n) is 8.46. The van der Waals surface area contributed by atoms with E-state index in [9.17, 15) is 0 Å². The van der Waals surface area contributed by atoms with Crippen molar-refractivity contribution in [2.45, 2.75) is 0 Å². The Kier molecular flexibility index (Phi) is 4.66. The molecule has 1 aromatic carbocycles. The molecule has 0 spiro atoms. The average Bonchev–Trinajstić information content (AvgIpc) is 2.31. The van der Waals surface area contributed by atoms with Crippen LogP contribution < -0.4 is 0 Å². The number of hydrogen-bond donors (Lipinski definition) is 0. The summed E-state index contributed by atoms with van der Waals surface area (Å²) in [5.41, 5.74) is 8.40. The summed E-state index contributed by atoms with van der Waals surface area (Å²) >= 11 is 0. The van der Waals surface area contributed by atoms with Crippen LogP contribution in [-0.2, 0) is 0 Å². The third-order valence-corrected chi connectivity index (χ3v) is 2.17. The van der Waals surface area contributed by atoms with Gasteiger partial charge in [-0.25, -0.2) is 0 Å². The molecule has 0 fully saturated rings. The van der Waals surface area contributed by atoms with Crippen LogP contribution in [0, 0.1) is 47.9 Å². The third kappa shape index (κ3) is 2.67. The number of hydrogen-bond acceptors (Lipinski definition) is 0. The molecule has 2 heteroatoms. The molecule has 1 aromatic rings. The lowest BCUT2D eigenvalue weighted by atomic mass is 9.99. The maximum atomic E-state index is 5.38. The molecule has 16 heavy (non-hydrogen) atoms. The van der Waals surface area contributed by atoms with Crippen LogP contribution >= 0.6 is 18.5 Å². The highest BCUT2D eigenvalue weighted by molar-refractivity contribution is 7.23. The zero-order chi connectivity index (χ0) is 12.0. The lowest BCUT2D eigenvalue weighted by molar-refractivity contribution is 1.52. The van der Waals surface area contributed by atoms with E-state index < -0.39 is 0 Å². The minimum Gasteiger partial charge on any atom is -0.115 e. The molecule has 0 radical (unpaired) electrons. The summed E-state index contributed by atoms with van der Waals surface area (Å²) in [6, 6.07) is 3.58. The molecule has 0 aromatic heterocycles. The summed E-state index contributed by atoms with van der Waals surface area (Å²) in [5, 5.41) is 0. The van der Waals surface area contributed by atoms with E-state index in [0.29, 0.717) is 11.1 Å². The molecule has 0 saturated carbocycles. The van der Waals surface area contributed by atoms with E-state index in [-0.39, 0.29) is 0 Å². The van der Waals surface area contributed by atoms with Crippen molar-refractivity contribution in [2.24, 2.45) is 0 Å². The highest BCUT2D eigenvalue weighted by Gasteiger charge is 2.04. The molecule has 0 heterocycles. The minimum atomic E-state index is 0.666. The molecule has 0 saturated heterocycles. The van der Waals surface area contributed by atoms with Gasteiger partial charge in [-0.15, -0.1) is 12.8 Å². The Bertz CT molecular complexity index is 560. The smallest absolute Gasteiger partial charge is 0.0418 e. The molecular weight excluding hydrogens is 230 g/mol. The fraction of sp³-hybridized carbons (Fsp3) is 0. The summed E-state index contributed by atoms with van der Waals surface area (Å²) in [4.78, 5) is 0. The van der Waals surface area contributed by atoms with E-state index >= 15 is 0 Å². The number of terminal acetylenes is 2. The summed E-state index contributed by atoms with van der Waals surface area (Å²) in [6.45, 7) is 0. The van der Waals surface area contributed by atoms with Crippen LogP contribution in [0.5, 0.6) is 0 Å². The first-order valence-electron chi connectivity index (χ1n) is 4.31. The standard InChI is InChI=1S/C14H8P2/c1-3-11-9-13(5-7-15)14(6-8-16)10-12(11)4-2/h1-2,9-10H,15-16H2. The van der Waals surface area contributed by atoms with Gasteiger partial charge in [0.25, 0.3) is 0 Å². The van der Waals surface area contributed by atoms with Crippen molar-refractivity contribution >= 4 is 18.5 Å². The van der Waals surface area contributed by atoms with Gasteiger partial charge in [0.15, 0.2) is 0 Å². The lowest BCUT2D eigenvalue weighted by Crippen LogP contribution is -1.91. The van der Waals surface area contributed by atoms with E-state index in [1.165, 1.54) is 0 Å². The third-order valence-electron chi connectivity index (χ3n) is 1.88. The van der Waals surface area contributed by atoms with E-state index in [4.69, 9.17) is 12.8 Å². The van der Waals surface area contributed by atoms with Crippen molar-refractivity contribution < 1.29 is 0 Å². The molecule has 74 valence electrons. The van der Waals surface area contributed by atoms with Gasteiger partial charge in [-0.1, -0.05) is 53.5 Å². The van der Waals surface area contributed by atoms with Crippen LogP contribution in [-0.4, -0.2) is 0 Å². The van der Waals surface area contributed by atoms with Gasteiger partial charge in [0, 0.05) is 22.3 Å². The number of rotatable bonds is 0. The van der Waals surface area contributed by atoms with Crippen molar-refractivity contribution in [2.75, 3.05) is 0 Å². The predicted octanol–water partition coefficient (Wildman–Crippen LogP) is 2.02. The van der Waals surface area contributed by atoms with Crippen LogP contribution in [0.1, 0.15) is 22.3 Å². The lowest BCUT2D eigenvalue weighted by Gasteiger charge is -2.02. The summed E-state index contributed by atoms with van der Waals surface area (Å²) < 4.78 is 0. The van der Waals surface area contributed by atoms with E-state index in [1.807, 2.05) is 0 Å². The number of benzene rings is 1. The zero-order valence-corrected chi connectivity index (χ0v) is 10.8. The minimum absolute atomic E-state index is 0.666. The van der Waals surface area contributed by atoms with Crippen LogP contribution in [0.3, 0.4) is 0 Å². The maximum Gasteiger partial charge on any atom is 0.0418 e. The summed E-state index contributed by atoms with van der Waals surface area (Å²) in [6.07, 6.45) is 10.8. The first-order chi connectivity index (χ1) is 7.76. The maximum absolute atomic E-state index is 5.38. The molecular formula is C14H8P2. The first kappa shape index (κ1) is 12.4. The average molecular weight is 238 g/mol. The van der Waals surface area contributed by atoms with Gasteiger partial charge in [0.1, 0.15) is 0 Å². The SMILES string of the molecule is C#Cc1cc(C#CP)c(C#CP)cc1C#C. The van der Waals surface area contributed by atoms with E-state index in [2.05, 4.69) is 53.5 Å². The summed E-state index contributed by atoms with van der Waals surface area (Å²) in [7, 11) is 4.67. The summed E-state index contributed by atoms with van der Waals surface area (Å²) in [5.74, 6) is 10.9. The van der Waals surface area contributed by atoms with Crippen molar-refractivity contribution in [3.63, 3.8) is 0 Å². The quantitative estimate of drug-likeness (QED) is 0.479. The fourth-order valence-electron chi connectivity index (χ4n) is 1.20. The van der Waals surface area contributed by atoms with Gasteiger partial charge in [-0.05, 0) is 12.1 Å². The highest BCUT2D eigenvalue weighted by Crippen LogP contribution is 2.15. The van der Waals surface area contributed by atoms with Crippen molar-refractivity contribution in [3.8, 4) is 47.9 Å². The molecule has 0 amide bonds. The molecule has 1 rings (SSSR count). The Morgan fingerprint density at radius 1 is 0.750 bits per heavy atom. The van der Waals surface area contributed by atoms with E-state index in [0.717, 1.165) is 11.1 Å². The normalized spacial score (nSPS) is 7.50. The van der Waals surface area contributed by atoms with Crippen molar-refractivity contribution in [1.82, 2.24) is 0 Å². The van der Waals surface area contributed by atoms with Crippen molar-refractivity contribution in [3.05, 3.63) is 34.4 Å². The Hall–Kier alpha value is -1.68. The van der Waals surface area contributed by atoms with Gasteiger partial charge < -0.3 is 0 Å². The molecule has 0 aliphatic rings. The van der Waals surface area contributed by atoms with Crippen LogP contribution in [0.15, 0.2) is 12.1 Å². The topological polar surface area (TPSA) is 0 Å². The van der Waals surface area contributed by atoms with Crippen molar-refractivity contribution in [1.29, 1.82) is 0 Å². The molecule has 2 atom stereocenters. The highest BCUT2D eigenvalue weighted by atomic mass is 31.0. The van der Waals surface area contributed by atoms with Gasteiger partial charge in [-0.3, -0.25) is 0 Å². The first-order valence-corrected chi connectivity index (χ1v) is 5.46.